The molecule has 36 heavy (non-hydrogen) atoms. The van der Waals surface area contributed by atoms with Crippen molar-refractivity contribution < 1.29 is 35.9 Å². The average molecular weight is 536 g/mol. The molecular formula is C24H24ClF6N3O2. The van der Waals surface area contributed by atoms with Gasteiger partial charge in [0.1, 0.15) is 0 Å². The van der Waals surface area contributed by atoms with E-state index in [0.717, 1.165) is 10.5 Å². The summed E-state index contributed by atoms with van der Waals surface area (Å²) in [6, 6.07) is 5.88. The van der Waals surface area contributed by atoms with E-state index in [1.54, 1.807) is 19.1 Å². The van der Waals surface area contributed by atoms with Crippen LogP contribution in [-0.2, 0) is 18.8 Å². The largest absolute Gasteiger partial charge is 0.416 e. The maximum Gasteiger partial charge on any atom is 0.416 e. The minimum absolute atomic E-state index is 0.0556. The maximum atomic E-state index is 13.3. The maximum absolute atomic E-state index is 13.3. The highest BCUT2D eigenvalue weighted by Gasteiger charge is 2.40. The van der Waals surface area contributed by atoms with Crippen molar-refractivity contribution in [1.82, 2.24) is 15.5 Å². The smallest absolute Gasteiger partial charge is 0.338 e. The lowest BCUT2D eigenvalue weighted by Crippen LogP contribution is -2.55. The van der Waals surface area contributed by atoms with E-state index in [0.29, 0.717) is 30.1 Å². The van der Waals surface area contributed by atoms with E-state index in [4.69, 9.17) is 11.6 Å². The number of benzene rings is 2. The number of carbonyl (C=O) groups excluding carboxylic acids is 2. The minimum Gasteiger partial charge on any atom is -0.338 e. The molecule has 0 aromatic heterocycles. The molecule has 0 aliphatic carbocycles. The van der Waals surface area contributed by atoms with Gasteiger partial charge in [-0.2, -0.15) is 26.3 Å². The van der Waals surface area contributed by atoms with Gasteiger partial charge in [-0.05, 0) is 68.6 Å². The highest BCUT2D eigenvalue weighted by molar-refractivity contribution is 6.30. The van der Waals surface area contributed by atoms with Crippen molar-refractivity contribution in [2.45, 2.75) is 50.6 Å². The molecular weight excluding hydrogens is 512 g/mol. The summed E-state index contributed by atoms with van der Waals surface area (Å²) >= 11 is 5.91. The fourth-order valence-electron chi connectivity index (χ4n) is 4.16. The number of carbonyl (C=O) groups is 2. The zero-order chi connectivity index (χ0) is 26.7. The van der Waals surface area contributed by atoms with Gasteiger partial charge in [0.2, 0.25) is 0 Å². The molecule has 196 valence electrons. The van der Waals surface area contributed by atoms with Crippen LogP contribution in [0.4, 0.5) is 31.1 Å². The molecule has 2 N–H and O–H groups in total. The second-order valence-corrected chi connectivity index (χ2v) is 8.90. The van der Waals surface area contributed by atoms with Crippen LogP contribution < -0.4 is 10.6 Å². The van der Waals surface area contributed by atoms with E-state index in [9.17, 15) is 35.9 Å². The summed E-state index contributed by atoms with van der Waals surface area (Å²) in [4.78, 5) is 26.9. The van der Waals surface area contributed by atoms with Crippen molar-refractivity contribution in [3.8, 4) is 0 Å². The van der Waals surface area contributed by atoms with Gasteiger partial charge < -0.3 is 10.6 Å². The molecule has 12 heteroatoms. The first-order valence-corrected chi connectivity index (χ1v) is 11.6. The lowest BCUT2D eigenvalue weighted by Gasteiger charge is -2.37. The summed E-state index contributed by atoms with van der Waals surface area (Å²) < 4.78 is 80.0. The molecule has 2 aromatic carbocycles. The van der Waals surface area contributed by atoms with Crippen LogP contribution in [0.15, 0.2) is 42.5 Å². The zero-order valence-electron chi connectivity index (χ0n) is 19.1. The quantitative estimate of drug-likeness (QED) is 0.468. The van der Waals surface area contributed by atoms with Gasteiger partial charge in [0.15, 0.2) is 0 Å². The number of hydrogen-bond donors (Lipinski definition) is 2. The van der Waals surface area contributed by atoms with Crippen LogP contribution in [0.2, 0.25) is 5.02 Å². The van der Waals surface area contributed by atoms with Gasteiger partial charge in [-0.1, -0.05) is 23.7 Å². The van der Waals surface area contributed by atoms with E-state index in [1.807, 2.05) is 12.1 Å². The molecule has 0 bridgehead atoms. The lowest BCUT2D eigenvalue weighted by molar-refractivity contribution is -0.143. The molecule has 0 saturated carbocycles. The number of hydrogen-bond acceptors (Lipinski definition) is 3. The van der Waals surface area contributed by atoms with Gasteiger partial charge >= 0.3 is 18.4 Å². The van der Waals surface area contributed by atoms with Crippen LogP contribution in [0.25, 0.3) is 0 Å². The highest BCUT2D eigenvalue weighted by atomic mass is 35.5. The zero-order valence-corrected chi connectivity index (χ0v) is 19.9. The van der Waals surface area contributed by atoms with Crippen LogP contribution in [0.5, 0.6) is 0 Å². The van der Waals surface area contributed by atoms with E-state index in [-0.39, 0.29) is 31.5 Å². The van der Waals surface area contributed by atoms with Crippen molar-refractivity contribution in [2.75, 3.05) is 13.1 Å². The number of imide groups is 1. The Hall–Kier alpha value is -2.79. The summed E-state index contributed by atoms with van der Waals surface area (Å²) in [5.74, 6) is -1.23. The molecule has 1 saturated heterocycles. The summed E-state index contributed by atoms with van der Waals surface area (Å²) in [5.41, 5.74) is -3.18. The Balaban J connectivity index is 1.94. The third-order valence-electron chi connectivity index (χ3n) is 5.83. The van der Waals surface area contributed by atoms with Crippen LogP contribution in [0.1, 0.15) is 46.8 Å². The van der Waals surface area contributed by atoms with Crippen LogP contribution in [0, 0.1) is 0 Å². The number of nitrogens with one attached hydrogen (secondary N) is 2. The number of nitrogens with zero attached hydrogens (tertiary/aromatic N) is 1. The van der Waals surface area contributed by atoms with Gasteiger partial charge in [0.05, 0.1) is 11.1 Å². The Labute approximate surface area is 208 Å². The highest BCUT2D eigenvalue weighted by Crippen LogP contribution is 2.37. The first kappa shape index (κ1) is 27.8. The number of rotatable bonds is 5. The number of piperidine rings is 1. The molecule has 0 radical (unpaired) electrons. The predicted octanol–water partition coefficient (Wildman–Crippen LogP) is 5.91. The predicted molar refractivity (Wildman–Crippen MR) is 122 cm³/mol. The average Bonchev–Trinajstić information content (AvgIpc) is 2.80. The number of halogens is 7. The summed E-state index contributed by atoms with van der Waals surface area (Å²) in [6.07, 6.45) is -9.18. The third-order valence-corrected chi connectivity index (χ3v) is 6.08. The van der Waals surface area contributed by atoms with Crippen molar-refractivity contribution in [2.24, 2.45) is 0 Å². The molecule has 1 heterocycles. The molecule has 3 rings (SSSR count). The molecule has 2 unspecified atom stereocenters. The molecule has 0 spiro atoms. The monoisotopic (exact) mass is 535 g/mol. The molecule has 2 atom stereocenters. The van der Waals surface area contributed by atoms with Crippen molar-refractivity contribution >= 4 is 23.5 Å². The summed E-state index contributed by atoms with van der Waals surface area (Å²) in [6.45, 7) is 2.08. The summed E-state index contributed by atoms with van der Waals surface area (Å²) in [5, 5.41) is 6.27. The second-order valence-electron chi connectivity index (χ2n) is 8.47. The fourth-order valence-corrected chi connectivity index (χ4v) is 4.28. The Morgan fingerprint density at radius 2 is 1.61 bits per heavy atom. The first-order valence-electron chi connectivity index (χ1n) is 11.2. The molecule has 2 aromatic rings. The van der Waals surface area contributed by atoms with Gasteiger partial charge in [0, 0.05) is 29.2 Å². The normalized spacial score (nSPS) is 18.6. The van der Waals surface area contributed by atoms with Gasteiger partial charge in [0.25, 0.3) is 5.91 Å². The molecule has 1 aliphatic rings. The molecule has 1 fully saturated rings. The van der Waals surface area contributed by atoms with Gasteiger partial charge in [-0.15, -0.1) is 0 Å². The Morgan fingerprint density at radius 1 is 1.03 bits per heavy atom. The van der Waals surface area contributed by atoms with E-state index >= 15 is 0 Å². The standard InChI is InChI=1S/C24H24ClF6N3O2/c1-2-32-22(36)34(20-7-8-33-19(13-20)9-14-3-5-18(25)6-4-14)21(35)15-10-16(23(26,27)28)12-17(11-15)24(29,30)31/h3-6,10-12,19-20,33H,2,7-9,13H2,1H3,(H,32,36). The Kier molecular flexibility index (Phi) is 8.55. The van der Waals surface area contributed by atoms with E-state index in [1.165, 1.54) is 0 Å². The molecule has 3 amide bonds. The third kappa shape index (κ3) is 6.91. The first-order chi connectivity index (χ1) is 16.8. The van der Waals surface area contributed by atoms with Gasteiger partial charge in [-0.25, -0.2) is 4.79 Å². The molecule has 5 nitrogen and oxygen atoms in total. The fraction of sp³-hybridized carbons (Fsp3) is 0.417. The van der Waals surface area contributed by atoms with Crippen LogP contribution >= 0.6 is 11.6 Å². The van der Waals surface area contributed by atoms with E-state index in [2.05, 4.69) is 10.6 Å². The van der Waals surface area contributed by atoms with Crippen molar-refractivity contribution in [3.63, 3.8) is 0 Å². The number of amides is 3. The Morgan fingerprint density at radius 3 is 2.14 bits per heavy atom. The topological polar surface area (TPSA) is 61.4 Å². The van der Waals surface area contributed by atoms with Crippen molar-refractivity contribution in [1.29, 1.82) is 0 Å². The Bertz CT molecular complexity index is 1060. The van der Waals surface area contributed by atoms with E-state index < -0.39 is 47.0 Å². The minimum atomic E-state index is -5.12. The van der Waals surface area contributed by atoms with Gasteiger partial charge in [-0.3, -0.25) is 9.69 Å². The van der Waals surface area contributed by atoms with Crippen molar-refractivity contribution in [3.05, 3.63) is 69.7 Å². The summed E-state index contributed by atoms with van der Waals surface area (Å²) in [7, 11) is 0. The lowest BCUT2D eigenvalue weighted by atomic mass is 9.92. The second kappa shape index (κ2) is 11.1. The number of urea groups is 1. The SMILES string of the molecule is CCNC(=O)N(C(=O)c1cc(C(F)(F)F)cc(C(F)(F)F)c1)C1CCNC(Cc2ccc(Cl)cc2)C1. The van der Waals surface area contributed by atoms with Crippen LogP contribution in [-0.4, -0.2) is 42.0 Å². The number of alkyl halides is 6. The van der Waals surface area contributed by atoms with Crippen LogP contribution in [0.3, 0.4) is 0 Å². The molecule has 1 aliphatic heterocycles.